The van der Waals surface area contributed by atoms with Crippen LogP contribution in [0.4, 0.5) is 9.80 Å². The van der Waals surface area contributed by atoms with E-state index in [0.717, 1.165) is 41.7 Å². The number of anilines is 1. The first-order valence-corrected chi connectivity index (χ1v) is 10.9. The summed E-state index contributed by atoms with van der Waals surface area (Å²) in [5.41, 5.74) is 18.5. The van der Waals surface area contributed by atoms with Gasteiger partial charge in [-0.25, -0.2) is 4.79 Å². The second-order valence-corrected chi connectivity index (χ2v) is 8.47. The number of ether oxygens (including phenoxy) is 1. The number of nitrogens with two attached hydrogens (primary N) is 3. The van der Waals surface area contributed by atoms with Crippen LogP contribution in [0.5, 0.6) is 0 Å². The van der Waals surface area contributed by atoms with Gasteiger partial charge < -0.3 is 21.9 Å². The van der Waals surface area contributed by atoms with Crippen LogP contribution in [0.15, 0.2) is 36.4 Å². The Morgan fingerprint density at radius 1 is 1.16 bits per heavy atom. The minimum absolute atomic E-state index is 0.0149. The quantitative estimate of drug-likeness (QED) is 0.463. The Kier molecular flexibility index (Phi) is 7.43. The zero-order valence-electron chi connectivity index (χ0n) is 17.0. The van der Waals surface area contributed by atoms with Crippen LogP contribution in [0.25, 0.3) is 16.5 Å². The van der Waals surface area contributed by atoms with Gasteiger partial charge in [0.1, 0.15) is 17.1 Å². The highest BCUT2D eigenvalue weighted by Gasteiger charge is 2.22. The fourth-order valence-electron chi connectivity index (χ4n) is 3.38. The van der Waals surface area contributed by atoms with Gasteiger partial charge in [0.25, 0.3) is 5.91 Å². The maximum Gasteiger partial charge on any atom is 0.323 e. The molecule has 0 radical (unpaired) electrons. The summed E-state index contributed by atoms with van der Waals surface area (Å²) in [6.07, 6.45) is 8.18. The summed E-state index contributed by atoms with van der Waals surface area (Å²) in [6, 6.07) is 7.76. The Morgan fingerprint density at radius 2 is 1.84 bits per heavy atom. The van der Waals surface area contributed by atoms with Crippen molar-refractivity contribution >= 4 is 40.3 Å². The van der Waals surface area contributed by atoms with E-state index in [9.17, 15) is 14.4 Å². The van der Waals surface area contributed by atoms with Gasteiger partial charge in [0, 0.05) is 4.88 Å². The summed E-state index contributed by atoms with van der Waals surface area (Å²) in [7, 11) is 0. The number of urea groups is 1. The zero-order valence-corrected chi connectivity index (χ0v) is 17.8. The van der Waals surface area contributed by atoms with Gasteiger partial charge in [0.15, 0.2) is 0 Å². The lowest BCUT2D eigenvalue weighted by Crippen LogP contribution is -2.33. The molecular formula is C22H26N4O4S. The molecule has 1 aliphatic carbocycles. The minimum atomic E-state index is -0.762. The second-order valence-electron chi connectivity index (χ2n) is 7.42. The standard InChI is InChI=1S/C22H26N4O4S/c23-17(21(28)30-15-5-1-2-6-15)7-3-4-13-8-10-14(11-9-13)18-12-16(19(24)27)20(31-18)26-22(25)29/h3-4,8-12,15,17H,1-2,5-7,23H2,(H2,24,27)(H3,25,26,29)/b4-3+/t17-/m0/s1. The molecule has 9 heteroatoms. The van der Waals surface area contributed by atoms with Crippen molar-refractivity contribution in [1.29, 1.82) is 0 Å². The fraction of sp³-hybridized carbons (Fsp3) is 0.318. The first-order valence-electron chi connectivity index (χ1n) is 10.1. The van der Waals surface area contributed by atoms with Gasteiger partial charge in [-0.3, -0.25) is 14.9 Å². The lowest BCUT2D eigenvalue weighted by atomic mass is 10.1. The molecule has 8 nitrogen and oxygen atoms in total. The largest absolute Gasteiger partial charge is 0.461 e. The van der Waals surface area contributed by atoms with E-state index in [1.165, 1.54) is 11.3 Å². The van der Waals surface area contributed by atoms with Gasteiger partial charge in [-0.05, 0) is 49.3 Å². The molecule has 0 aliphatic heterocycles. The highest BCUT2D eigenvalue weighted by molar-refractivity contribution is 7.20. The molecule has 0 bridgehead atoms. The lowest BCUT2D eigenvalue weighted by molar-refractivity contribution is -0.150. The zero-order chi connectivity index (χ0) is 22.4. The number of hydrogen-bond donors (Lipinski definition) is 4. The van der Waals surface area contributed by atoms with Crippen LogP contribution < -0.4 is 22.5 Å². The van der Waals surface area contributed by atoms with E-state index in [-0.39, 0.29) is 17.6 Å². The Bertz CT molecular complexity index is 978. The van der Waals surface area contributed by atoms with Crippen LogP contribution >= 0.6 is 11.3 Å². The van der Waals surface area contributed by atoms with Gasteiger partial charge in [0.05, 0.1) is 5.56 Å². The summed E-state index contributed by atoms with van der Waals surface area (Å²) in [5, 5.41) is 2.74. The predicted octanol–water partition coefficient (Wildman–Crippen LogP) is 3.22. The summed E-state index contributed by atoms with van der Waals surface area (Å²) in [5.74, 6) is -0.996. The molecule has 3 amide bonds. The topological polar surface area (TPSA) is 151 Å². The van der Waals surface area contributed by atoms with Crippen molar-refractivity contribution in [1.82, 2.24) is 0 Å². The van der Waals surface area contributed by atoms with Gasteiger partial charge >= 0.3 is 12.0 Å². The van der Waals surface area contributed by atoms with Crippen LogP contribution in [0.3, 0.4) is 0 Å². The van der Waals surface area contributed by atoms with Gasteiger partial charge in [-0.2, -0.15) is 0 Å². The van der Waals surface area contributed by atoms with Crippen molar-refractivity contribution in [3.05, 3.63) is 47.5 Å². The van der Waals surface area contributed by atoms with Gasteiger partial charge in [-0.1, -0.05) is 36.4 Å². The average Bonchev–Trinajstić information content (AvgIpc) is 3.38. The van der Waals surface area contributed by atoms with Crippen molar-refractivity contribution in [3.8, 4) is 10.4 Å². The van der Waals surface area contributed by atoms with E-state index >= 15 is 0 Å². The molecular weight excluding hydrogens is 416 g/mol. The smallest absolute Gasteiger partial charge is 0.323 e. The number of esters is 1. The maximum absolute atomic E-state index is 12.0. The van der Waals surface area contributed by atoms with Crippen LogP contribution in [-0.2, 0) is 9.53 Å². The molecule has 1 aromatic carbocycles. The first-order chi connectivity index (χ1) is 14.8. The summed E-state index contributed by atoms with van der Waals surface area (Å²) < 4.78 is 5.43. The number of carbonyl (C=O) groups is 3. The molecule has 3 rings (SSSR count). The molecule has 0 spiro atoms. The summed E-state index contributed by atoms with van der Waals surface area (Å²) in [6.45, 7) is 0. The Labute approximate surface area is 184 Å². The van der Waals surface area contributed by atoms with E-state index in [2.05, 4.69) is 5.32 Å². The van der Waals surface area contributed by atoms with Gasteiger partial charge in [-0.15, -0.1) is 11.3 Å². The molecule has 1 aliphatic rings. The number of amides is 3. The molecule has 0 unspecified atom stereocenters. The predicted molar refractivity (Wildman–Crippen MR) is 121 cm³/mol. The second kappa shape index (κ2) is 10.2. The van der Waals surface area contributed by atoms with Crippen molar-refractivity contribution in [3.63, 3.8) is 0 Å². The Morgan fingerprint density at radius 3 is 2.45 bits per heavy atom. The van der Waals surface area contributed by atoms with Crippen molar-refractivity contribution in [2.45, 2.75) is 44.2 Å². The van der Waals surface area contributed by atoms with E-state index in [0.29, 0.717) is 11.4 Å². The summed E-state index contributed by atoms with van der Waals surface area (Å²) in [4.78, 5) is 35.5. The number of carbonyl (C=O) groups excluding carboxylic acids is 3. The molecule has 0 saturated heterocycles. The van der Waals surface area contributed by atoms with Gasteiger partial charge in [0.2, 0.25) is 0 Å². The number of benzene rings is 1. The average molecular weight is 443 g/mol. The minimum Gasteiger partial charge on any atom is -0.461 e. The van der Waals surface area contributed by atoms with Crippen LogP contribution in [0, 0.1) is 0 Å². The number of thiophene rings is 1. The van der Waals surface area contributed by atoms with Crippen LogP contribution in [0.1, 0.15) is 48.0 Å². The molecule has 2 aromatic rings. The third-order valence-corrected chi connectivity index (χ3v) is 6.12. The number of nitrogens with one attached hydrogen (secondary N) is 1. The number of primary amides is 2. The SMILES string of the molecule is NC(=O)Nc1sc(-c2ccc(/C=C/C[C@H](N)C(=O)OC3CCCC3)cc2)cc1C(N)=O. The molecule has 1 saturated carbocycles. The highest BCUT2D eigenvalue weighted by Crippen LogP contribution is 2.35. The van der Waals surface area contributed by atoms with E-state index in [1.54, 1.807) is 6.07 Å². The molecule has 1 fully saturated rings. The van der Waals surface area contributed by atoms with E-state index in [1.807, 2.05) is 36.4 Å². The van der Waals surface area contributed by atoms with E-state index < -0.39 is 18.0 Å². The van der Waals surface area contributed by atoms with Crippen LogP contribution in [0.2, 0.25) is 0 Å². The number of rotatable bonds is 8. The first kappa shape index (κ1) is 22.5. The monoisotopic (exact) mass is 442 g/mol. The molecule has 1 atom stereocenters. The van der Waals surface area contributed by atoms with Crippen molar-refractivity contribution in [2.75, 3.05) is 5.32 Å². The van der Waals surface area contributed by atoms with E-state index in [4.69, 9.17) is 21.9 Å². The Balaban J connectivity index is 1.60. The van der Waals surface area contributed by atoms with Crippen LogP contribution in [-0.4, -0.2) is 30.1 Å². The fourth-order valence-corrected chi connectivity index (χ4v) is 4.46. The molecule has 1 heterocycles. The normalized spacial score (nSPS) is 15.1. The third-order valence-electron chi connectivity index (χ3n) is 5.02. The maximum atomic E-state index is 12.0. The number of hydrogen-bond acceptors (Lipinski definition) is 6. The lowest BCUT2D eigenvalue weighted by Gasteiger charge is -2.14. The molecule has 31 heavy (non-hydrogen) atoms. The van der Waals surface area contributed by atoms with Crippen molar-refractivity contribution in [2.24, 2.45) is 17.2 Å². The third kappa shape index (κ3) is 6.16. The summed E-state index contributed by atoms with van der Waals surface area (Å²) >= 11 is 1.21. The Hall–Kier alpha value is -3.17. The van der Waals surface area contributed by atoms with Crippen molar-refractivity contribution < 1.29 is 19.1 Å². The molecule has 7 N–H and O–H groups in total. The molecule has 1 aromatic heterocycles. The highest BCUT2D eigenvalue weighted by atomic mass is 32.1. The molecule has 164 valence electrons.